The number of hydrogen-bond acceptors (Lipinski definition) is 10. The van der Waals surface area contributed by atoms with E-state index in [0.717, 1.165) is 24.2 Å². The van der Waals surface area contributed by atoms with Crippen molar-refractivity contribution in [2.45, 2.75) is 86.7 Å². The smallest absolute Gasteiger partial charge is 0.262 e. The summed E-state index contributed by atoms with van der Waals surface area (Å²) in [4.78, 5) is 93.6. The van der Waals surface area contributed by atoms with Crippen LogP contribution in [0.1, 0.15) is 105 Å². The Bertz CT molecular complexity index is 2710. The highest BCUT2D eigenvalue weighted by Gasteiger charge is 2.72. The number of carbonyl (C=O) groups excluding carboxylic acids is 7. The summed E-state index contributed by atoms with van der Waals surface area (Å²) in [6.07, 6.45) is 4.89. The second-order valence-corrected chi connectivity index (χ2v) is 18.6. The largest absolute Gasteiger partial charge is 0.379 e. The fourth-order valence-electron chi connectivity index (χ4n) is 11.0. The number of hydrogen-bond donors (Lipinski definition) is 5. The van der Waals surface area contributed by atoms with Crippen LogP contribution in [0.5, 0.6) is 0 Å². The monoisotopic (exact) mass is 966 g/mol. The molecule has 9 rings (SSSR count). The summed E-state index contributed by atoms with van der Waals surface area (Å²) >= 11 is 12.8. The number of nitrogens with zero attached hydrogens (tertiary/aromatic N) is 1. The van der Waals surface area contributed by atoms with E-state index in [-0.39, 0.29) is 72.7 Å². The Kier molecular flexibility index (Phi) is 13.5. The van der Waals surface area contributed by atoms with Crippen LogP contribution in [-0.2, 0) is 40.5 Å². The predicted molar refractivity (Wildman–Crippen MR) is 249 cm³/mol. The van der Waals surface area contributed by atoms with E-state index >= 15 is 4.39 Å². The molecule has 68 heavy (non-hydrogen) atoms. The summed E-state index contributed by atoms with van der Waals surface area (Å²) in [6.45, 7) is 1.37. The average Bonchev–Trinajstić information content (AvgIpc) is 3.88. The van der Waals surface area contributed by atoms with Crippen LogP contribution >= 0.6 is 23.2 Å². The first-order valence-corrected chi connectivity index (χ1v) is 23.6. The fourth-order valence-corrected chi connectivity index (χ4v) is 11.3. The standard InChI is InChI=1S/C50H49Cl2FN6O9/c51-30-14-17-34-36(27-30)56-48(66)50(34)40(33-10-5-11-35(52)41(33)53)42(58-49(50)20-2-1-3-21-49)45(63)55-31-15-12-29(13-16-31)43(61)54-22-24-68-26-25-67-23-6-8-28-7-4-9-32-39(28)47(65)59(46(32)64)37-18-19-38(60)57-44(37)62/h4-5,7,9-17,27,37,40,42,58H,1-3,6,8,18-26H2,(H,54,61)(H,55,63)(H,56,66)(H,57,60,62)/t37?,40-,42+,50+/m0/s1. The van der Waals surface area contributed by atoms with Gasteiger partial charge in [-0.05, 0) is 97.3 Å². The van der Waals surface area contributed by atoms with Crippen molar-refractivity contribution in [3.63, 3.8) is 0 Å². The van der Waals surface area contributed by atoms with E-state index < -0.39 is 64.3 Å². The lowest BCUT2D eigenvalue weighted by atomic mass is 9.55. The number of benzene rings is 4. The molecule has 1 saturated carbocycles. The minimum absolute atomic E-state index is 0.0470. The summed E-state index contributed by atoms with van der Waals surface area (Å²) in [5, 5.41) is 14.9. The van der Waals surface area contributed by atoms with Gasteiger partial charge in [0.25, 0.3) is 17.7 Å². The van der Waals surface area contributed by atoms with Crippen LogP contribution in [0.15, 0.2) is 78.9 Å². The van der Waals surface area contributed by atoms with Gasteiger partial charge >= 0.3 is 0 Å². The maximum atomic E-state index is 16.2. The molecule has 4 aliphatic heterocycles. The predicted octanol–water partition coefficient (Wildman–Crippen LogP) is 6.22. The van der Waals surface area contributed by atoms with Crippen molar-refractivity contribution in [2.24, 2.45) is 0 Å². The lowest BCUT2D eigenvalue weighted by Crippen LogP contribution is -2.60. The first-order valence-electron chi connectivity index (χ1n) is 22.9. The van der Waals surface area contributed by atoms with Crippen molar-refractivity contribution in [3.8, 4) is 0 Å². The molecular formula is C50H49Cl2FN6O9. The van der Waals surface area contributed by atoms with E-state index in [9.17, 15) is 33.6 Å². The van der Waals surface area contributed by atoms with Gasteiger partial charge in [-0.25, -0.2) is 4.39 Å². The first kappa shape index (κ1) is 47.0. The highest BCUT2D eigenvalue weighted by Crippen LogP contribution is 2.63. The Morgan fingerprint density at radius 1 is 0.838 bits per heavy atom. The van der Waals surface area contributed by atoms with E-state index in [1.54, 1.807) is 72.8 Å². The molecule has 354 valence electrons. The summed E-state index contributed by atoms with van der Waals surface area (Å²) in [5.41, 5.74) is 1.00. The molecular weight excluding hydrogens is 918 g/mol. The van der Waals surface area contributed by atoms with Crippen molar-refractivity contribution in [3.05, 3.63) is 128 Å². The van der Waals surface area contributed by atoms with E-state index in [0.29, 0.717) is 65.4 Å². The number of anilines is 2. The van der Waals surface area contributed by atoms with Crippen molar-refractivity contribution >= 4 is 75.9 Å². The molecule has 7 amide bonds. The van der Waals surface area contributed by atoms with E-state index in [1.165, 1.54) is 6.07 Å². The molecule has 15 nitrogen and oxygen atoms in total. The molecule has 2 saturated heterocycles. The zero-order valence-electron chi connectivity index (χ0n) is 36.9. The zero-order chi connectivity index (χ0) is 47.7. The number of carbonyl (C=O) groups is 7. The van der Waals surface area contributed by atoms with Crippen LogP contribution < -0.4 is 26.6 Å². The number of rotatable bonds is 15. The summed E-state index contributed by atoms with van der Waals surface area (Å²) in [5.74, 6) is -5.02. The van der Waals surface area contributed by atoms with Gasteiger partial charge in [-0.3, -0.25) is 49.1 Å². The summed E-state index contributed by atoms with van der Waals surface area (Å²) in [6, 6.07) is 19.2. The highest BCUT2D eigenvalue weighted by molar-refractivity contribution is 6.31. The lowest BCUT2D eigenvalue weighted by Gasteiger charge is -2.47. The Morgan fingerprint density at radius 2 is 1.59 bits per heavy atom. The number of nitrogens with one attached hydrogen (secondary N) is 5. The van der Waals surface area contributed by atoms with Gasteiger partial charge in [0.15, 0.2) is 0 Å². The molecule has 3 fully saturated rings. The molecule has 0 radical (unpaired) electrons. The number of aryl methyl sites for hydroxylation is 1. The van der Waals surface area contributed by atoms with Gasteiger partial charge in [0, 0.05) is 53.0 Å². The Balaban J connectivity index is 0.755. The topological polar surface area (TPSA) is 201 Å². The van der Waals surface area contributed by atoms with Gasteiger partial charge in [-0.15, -0.1) is 0 Å². The van der Waals surface area contributed by atoms with Crippen molar-refractivity contribution in [2.75, 3.05) is 43.6 Å². The molecule has 0 aromatic heterocycles. The molecule has 5 aliphatic rings. The van der Waals surface area contributed by atoms with Gasteiger partial charge < -0.3 is 25.4 Å². The fraction of sp³-hybridized carbons (Fsp3) is 0.380. The molecule has 4 aromatic rings. The van der Waals surface area contributed by atoms with Gasteiger partial charge in [0.05, 0.1) is 42.0 Å². The van der Waals surface area contributed by atoms with Crippen LogP contribution in [-0.4, -0.2) is 96.8 Å². The number of fused-ring (bicyclic) bond motifs is 4. The van der Waals surface area contributed by atoms with E-state index in [4.69, 9.17) is 32.7 Å². The third kappa shape index (κ3) is 8.46. The molecule has 1 aliphatic carbocycles. The molecule has 1 unspecified atom stereocenters. The molecule has 0 bridgehead atoms. The van der Waals surface area contributed by atoms with Crippen molar-refractivity contribution in [1.82, 2.24) is 20.9 Å². The van der Waals surface area contributed by atoms with Crippen LogP contribution in [0.4, 0.5) is 15.8 Å². The molecule has 4 aromatic carbocycles. The Labute approximate surface area is 401 Å². The van der Waals surface area contributed by atoms with Gasteiger partial charge in [-0.2, -0.15) is 0 Å². The number of piperidine rings is 1. The van der Waals surface area contributed by atoms with Crippen LogP contribution in [0.2, 0.25) is 10.0 Å². The highest BCUT2D eigenvalue weighted by atomic mass is 35.5. The number of amides is 7. The minimum atomic E-state index is -1.37. The first-order chi connectivity index (χ1) is 32.8. The minimum Gasteiger partial charge on any atom is -0.379 e. The van der Waals surface area contributed by atoms with Crippen molar-refractivity contribution < 1.29 is 47.4 Å². The van der Waals surface area contributed by atoms with Crippen LogP contribution in [0.25, 0.3) is 0 Å². The average molecular weight is 968 g/mol. The normalized spacial score (nSPS) is 22.6. The maximum Gasteiger partial charge on any atom is 0.262 e. The third-order valence-electron chi connectivity index (χ3n) is 13.9. The SMILES string of the molecule is O=C1CCC(N2C(=O)c3cccc(CCCOCCOCCNC(=O)c4ccc(NC(=O)[C@@H]5NC6(CCCCC6)[C@@]6(C(=O)Nc7cc(Cl)ccc76)[C@H]5c5cccc(Cl)c5F)cc4)c3C2=O)C(=O)N1. The van der Waals surface area contributed by atoms with Gasteiger partial charge in [0.2, 0.25) is 23.6 Å². The van der Waals surface area contributed by atoms with Crippen LogP contribution in [0, 0.1) is 5.82 Å². The summed E-state index contributed by atoms with van der Waals surface area (Å²) in [7, 11) is 0. The van der Waals surface area contributed by atoms with Gasteiger partial charge in [-0.1, -0.05) is 72.8 Å². The Morgan fingerprint density at radius 3 is 2.35 bits per heavy atom. The zero-order valence-corrected chi connectivity index (χ0v) is 38.4. The van der Waals surface area contributed by atoms with Gasteiger partial charge in [0.1, 0.15) is 17.3 Å². The molecule has 4 heterocycles. The second kappa shape index (κ2) is 19.5. The van der Waals surface area contributed by atoms with E-state index in [1.807, 2.05) is 0 Å². The third-order valence-corrected chi connectivity index (χ3v) is 14.4. The molecule has 5 N–H and O–H groups in total. The number of ether oxygens (including phenoxy) is 2. The number of halogens is 3. The lowest BCUT2D eigenvalue weighted by molar-refractivity contribution is -0.136. The van der Waals surface area contributed by atoms with Crippen molar-refractivity contribution in [1.29, 1.82) is 0 Å². The molecule has 4 atom stereocenters. The molecule has 2 spiro atoms. The van der Waals surface area contributed by atoms with Crippen LogP contribution in [0.3, 0.4) is 0 Å². The number of imide groups is 2. The summed E-state index contributed by atoms with van der Waals surface area (Å²) < 4.78 is 27.6. The maximum absolute atomic E-state index is 16.2. The quantitative estimate of drug-likeness (QED) is 0.0674. The molecule has 18 heteroatoms. The van der Waals surface area contributed by atoms with E-state index in [2.05, 4.69) is 26.6 Å². The Hall–Kier alpha value is -6.04. The second-order valence-electron chi connectivity index (χ2n) is 17.8.